The molecule has 1 heterocycles. The molecule has 0 atom stereocenters. The molecule has 0 unspecified atom stereocenters. The van der Waals surface area contributed by atoms with Crippen LogP contribution in [0.4, 0.5) is 8.78 Å². The number of benzene rings is 1. The van der Waals surface area contributed by atoms with Gasteiger partial charge >= 0.3 is 0 Å². The number of carbonyl (C=O) groups is 1. The van der Waals surface area contributed by atoms with E-state index in [-0.39, 0.29) is 12.3 Å². The quantitative estimate of drug-likeness (QED) is 0.915. The van der Waals surface area contributed by atoms with Crippen LogP contribution in [0.1, 0.15) is 35.4 Å². The van der Waals surface area contributed by atoms with Gasteiger partial charge in [0, 0.05) is 24.4 Å². The highest BCUT2D eigenvalue weighted by molar-refractivity contribution is 5.78. The maximum Gasteiger partial charge on any atom is 0.224 e. The first-order chi connectivity index (χ1) is 11.6. The topological polar surface area (TPSA) is 42.0 Å². The minimum atomic E-state index is -0.932. The highest BCUT2D eigenvalue weighted by Crippen LogP contribution is 2.19. The van der Waals surface area contributed by atoms with Crippen molar-refractivity contribution in [3.8, 4) is 0 Å². The van der Waals surface area contributed by atoms with Crippen molar-refractivity contribution in [1.82, 2.24) is 10.3 Å². The summed E-state index contributed by atoms with van der Waals surface area (Å²) in [6.45, 7) is 0.480. The lowest BCUT2D eigenvalue weighted by Gasteiger charge is -2.15. The molecule has 0 saturated carbocycles. The first-order valence-electron chi connectivity index (χ1n) is 8.30. The largest absolute Gasteiger partial charge is 0.355 e. The number of aryl methyl sites for hydroxylation is 2. The van der Waals surface area contributed by atoms with Gasteiger partial charge in [-0.05, 0) is 55.0 Å². The summed E-state index contributed by atoms with van der Waals surface area (Å²) in [6.07, 6.45) is 5.26. The van der Waals surface area contributed by atoms with Gasteiger partial charge in [0.25, 0.3) is 0 Å². The fourth-order valence-electron chi connectivity index (χ4n) is 2.99. The summed E-state index contributed by atoms with van der Waals surface area (Å²) in [5.74, 6) is -2.05. The summed E-state index contributed by atoms with van der Waals surface area (Å²) in [6, 6.07) is 7.67. The van der Waals surface area contributed by atoms with Crippen LogP contribution in [0.15, 0.2) is 30.3 Å². The van der Waals surface area contributed by atoms with E-state index >= 15 is 0 Å². The summed E-state index contributed by atoms with van der Waals surface area (Å²) in [7, 11) is 0. The van der Waals surface area contributed by atoms with Crippen LogP contribution >= 0.6 is 0 Å². The molecular weight excluding hydrogens is 310 g/mol. The van der Waals surface area contributed by atoms with Crippen molar-refractivity contribution in [1.29, 1.82) is 0 Å². The Morgan fingerprint density at radius 2 is 1.92 bits per heavy atom. The second kappa shape index (κ2) is 7.51. The number of halogens is 2. The maximum absolute atomic E-state index is 13.1. The number of hydrogen-bond donors (Lipinski definition) is 1. The number of aromatic nitrogens is 1. The van der Waals surface area contributed by atoms with Gasteiger partial charge in [0.1, 0.15) is 0 Å². The molecule has 3 nitrogen and oxygen atoms in total. The van der Waals surface area contributed by atoms with E-state index in [0.29, 0.717) is 18.5 Å². The summed E-state index contributed by atoms with van der Waals surface area (Å²) >= 11 is 0. The second-order valence-electron chi connectivity index (χ2n) is 6.14. The van der Waals surface area contributed by atoms with Gasteiger partial charge in [-0.3, -0.25) is 9.78 Å². The molecule has 2 aromatic rings. The van der Waals surface area contributed by atoms with Crippen LogP contribution in [0.5, 0.6) is 0 Å². The van der Waals surface area contributed by atoms with E-state index in [4.69, 9.17) is 0 Å². The fraction of sp³-hybridized carbons (Fsp3) is 0.368. The lowest BCUT2D eigenvalue weighted by molar-refractivity contribution is -0.120. The van der Waals surface area contributed by atoms with Crippen molar-refractivity contribution < 1.29 is 13.6 Å². The Morgan fingerprint density at radius 1 is 1.08 bits per heavy atom. The number of nitrogens with zero attached hydrogens (tertiary/aromatic N) is 1. The number of amides is 1. The average molecular weight is 330 g/mol. The van der Waals surface area contributed by atoms with Crippen LogP contribution in [0.25, 0.3) is 0 Å². The number of fused-ring (bicyclic) bond motifs is 1. The van der Waals surface area contributed by atoms with Gasteiger partial charge in [0.05, 0.1) is 6.42 Å². The van der Waals surface area contributed by atoms with Crippen LogP contribution in [0, 0.1) is 11.6 Å². The van der Waals surface area contributed by atoms with E-state index in [1.807, 2.05) is 6.07 Å². The average Bonchev–Trinajstić information content (AvgIpc) is 2.58. The van der Waals surface area contributed by atoms with Gasteiger partial charge in [-0.25, -0.2) is 8.78 Å². The van der Waals surface area contributed by atoms with Gasteiger partial charge in [0.2, 0.25) is 5.91 Å². The summed E-state index contributed by atoms with van der Waals surface area (Å²) in [5, 5.41) is 2.80. The molecule has 1 aromatic carbocycles. The molecule has 0 aliphatic heterocycles. The zero-order valence-corrected chi connectivity index (χ0v) is 13.4. The predicted octanol–water partition coefficient (Wildman–Crippen LogP) is 3.14. The minimum absolute atomic E-state index is 0.0365. The van der Waals surface area contributed by atoms with Crippen molar-refractivity contribution in [2.24, 2.45) is 0 Å². The van der Waals surface area contributed by atoms with Gasteiger partial charge in [-0.15, -0.1) is 0 Å². The Hall–Kier alpha value is -2.30. The number of carbonyl (C=O) groups excluding carboxylic acids is 1. The zero-order valence-electron chi connectivity index (χ0n) is 13.4. The van der Waals surface area contributed by atoms with E-state index in [0.717, 1.165) is 30.7 Å². The Labute approximate surface area is 140 Å². The first kappa shape index (κ1) is 16.6. The highest BCUT2D eigenvalue weighted by Gasteiger charge is 2.11. The first-order valence-corrected chi connectivity index (χ1v) is 8.30. The molecule has 0 bridgehead atoms. The third kappa shape index (κ3) is 4.16. The molecule has 1 aromatic heterocycles. The van der Waals surface area contributed by atoms with Crippen LogP contribution in [-0.4, -0.2) is 17.4 Å². The minimum Gasteiger partial charge on any atom is -0.355 e. The third-order valence-electron chi connectivity index (χ3n) is 4.29. The van der Waals surface area contributed by atoms with Gasteiger partial charge < -0.3 is 5.32 Å². The molecule has 0 saturated heterocycles. The predicted molar refractivity (Wildman–Crippen MR) is 87.7 cm³/mol. The number of pyridine rings is 1. The molecule has 1 amide bonds. The van der Waals surface area contributed by atoms with Crippen molar-refractivity contribution in [2.75, 3.05) is 6.54 Å². The smallest absolute Gasteiger partial charge is 0.224 e. The summed E-state index contributed by atoms with van der Waals surface area (Å²) in [5.41, 5.74) is 3.96. The Balaban J connectivity index is 1.49. The number of rotatable bonds is 5. The molecule has 1 N–H and O–H groups in total. The van der Waals surface area contributed by atoms with Gasteiger partial charge in [-0.2, -0.15) is 0 Å². The Morgan fingerprint density at radius 3 is 2.75 bits per heavy atom. The monoisotopic (exact) mass is 330 g/mol. The molecule has 0 radical (unpaired) electrons. The van der Waals surface area contributed by atoms with Gasteiger partial charge in [0.15, 0.2) is 11.6 Å². The second-order valence-corrected chi connectivity index (χ2v) is 6.14. The number of nitrogens with one attached hydrogen (secondary N) is 1. The standard InChI is InChI=1S/C19H20F2N2O/c20-16-8-5-13(11-17(16)21)12-19(24)22-10-9-15-7-6-14-3-1-2-4-18(14)23-15/h5-8,11H,1-4,9-10,12H2,(H,22,24). The van der Waals surface area contributed by atoms with Crippen molar-refractivity contribution in [3.05, 3.63) is 64.5 Å². The van der Waals surface area contributed by atoms with Crippen LogP contribution in [0.2, 0.25) is 0 Å². The number of hydrogen-bond acceptors (Lipinski definition) is 2. The van der Waals surface area contributed by atoms with E-state index in [9.17, 15) is 13.6 Å². The van der Waals surface area contributed by atoms with Crippen molar-refractivity contribution in [2.45, 2.75) is 38.5 Å². The molecule has 1 aliphatic carbocycles. The Kier molecular flexibility index (Phi) is 5.18. The van der Waals surface area contributed by atoms with Gasteiger partial charge in [-0.1, -0.05) is 12.1 Å². The third-order valence-corrected chi connectivity index (χ3v) is 4.29. The zero-order chi connectivity index (χ0) is 16.9. The highest BCUT2D eigenvalue weighted by atomic mass is 19.2. The normalized spacial score (nSPS) is 13.4. The molecule has 5 heteroatoms. The molecular formula is C19H20F2N2O. The molecule has 24 heavy (non-hydrogen) atoms. The molecule has 1 aliphatic rings. The SMILES string of the molecule is O=C(Cc1ccc(F)c(F)c1)NCCc1ccc2c(n1)CCCC2. The summed E-state index contributed by atoms with van der Waals surface area (Å²) in [4.78, 5) is 16.6. The van der Waals surface area contributed by atoms with Crippen LogP contribution < -0.4 is 5.32 Å². The molecule has 3 rings (SSSR count). The van der Waals surface area contributed by atoms with Crippen molar-refractivity contribution in [3.63, 3.8) is 0 Å². The molecule has 0 fully saturated rings. The van der Waals surface area contributed by atoms with E-state index in [1.165, 1.54) is 30.2 Å². The van der Waals surface area contributed by atoms with Crippen LogP contribution in [-0.2, 0) is 30.5 Å². The van der Waals surface area contributed by atoms with E-state index < -0.39 is 11.6 Å². The van der Waals surface area contributed by atoms with E-state index in [1.54, 1.807) is 0 Å². The fourth-order valence-corrected chi connectivity index (χ4v) is 2.99. The van der Waals surface area contributed by atoms with Crippen LogP contribution in [0.3, 0.4) is 0 Å². The molecule has 126 valence electrons. The van der Waals surface area contributed by atoms with Crippen molar-refractivity contribution >= 4 is 5.91 Å². The molecule has 0 spiro atoms. The lowest BCUT2D eigenvalue weighted by atomic mass is 9.96. The maximum atomic E-state index is 13.1. The Bertz CT molecular complexity index is 746. The van der Waals surface area contributed by atoms with E-state index in [2.05, 4.69) is 16.4 Å². The lowest BCUT2D eigenvalue weighted by Crippen LogP contribution is -2.27. The summed E-state index contributed by atoms with van der Waals surface area (Å²) < 4.78 is 26.0.